The van der Waals surface area contributed by atoms with Crippen LogP contribution in [0.5, 0.6) is 0 Å². The molecule has 0 saturated carbocycles. The van der Waals surface area contributed by atoms with E-state index in [1.807, 2.05) is 19.1 Å². The first-order chi connectivity index (χ1) is 9.56. The Labute approximate surface area is 117 Å². The Morgan fingerprint density at radius 3 is 1.85 bits per heavy atom. The molecule has 2 aromatic carbocycles. The molecule has 0 aliphatic rings. The van der Waals surface area contributed by atoms with E-state index in [4.69, 9.17) is 11.5 Å². The van der Waals surface area contributed by atoms with E-state index in [-0.39, 0.29) is 5.91 Å². The zero-order valence-corrected chi connectivity index (χ0v) is 11.1. The number of anilines is 2. The highest BCUT2D eigenvalue weighted by Crippen LogP contribution is 2.07. The van der Waals surface area contributed by atoms with Crippen LogP contribution in [0.25, 0.3) is 0 Å². The zero-order chi connectivity index (χ0) is 14.5. The summed E-state index contributed by atoms with van der Waals surface area (Å²) in [6.45, 7) is 1.81. The maximum Gasteiger partial charge on any atom is 0.271 e. The van der Waals surface area contributed by atoms with Crippen LogP contribution >= 0.6 is 0 Å². The van der Waals surface area contributed by atoms with Gasteiger partial charge in [-0.05, 0) is 48.9 Å². The van der Waals surface area contributed by atoms with E-state index in [0.717, 1.165) is 5.56 Å². The number of hydrogen-bond acceptors (Lipinski definition) is 4. The molecule has 20 heavy (non-hydrogen) atoms. The van der Waals surface area contributed by atoms with Crippen molar-refractivity contribution in [2.75, 3.05) is 11.5 Å². The molecule has 0 aliphatic heterocycles. The lowest BCUT2D eigenvalue weighted by Gasteiger charge is -2.04. The minimum absolute atomic E-state index is 0.278. The third-order valence-electron chi connectivity index (χ3n) is 2.83. The molecule has 0 aliphatic carbocycles. The van der Waals surface area contributed by atoms with E-state index >= 15 is 0 Å². The number of nitrogens with zero attached hydrogens (tertiary/aromatic N) is 1. The number of amides is 1. The second-order valence-electron chi connectivity index (χ2n) is 4.38. The molecule has 5 nitrogen and oxygen atoms in total. The number of benzene rings is 2. The molecule has 1 amide bonds. The standard InChI is InChI=1S/C15H16N4O/c1-10(11-2-6-13(16)7-3-11)18-19-15(20)12-4-8-14(17)9-5-12/h2-9H,16-17H2,1H3,(H,19,20)/b18-10-. The first kappa shape index (κ1) is 13.6. The van der Waals surface area contributed by atoms with E-state index < -0.39 is 0 Å². The monoisotopic (exact) mass is 268 g/mol. The van der Waals surface area contributed by atoms with Gasteiger partial charge < -0.3 is 11.5 Å². The molecule has 2 aromatic rings. The minimum Gasteiger partial charge on any atom is -0.399 e. The van der Waals surface area contributed by atoms with Gasteiger partial charge in [-0.25, -0.2) is 5.43 Å². The summed E-state index contributed by atoms with van der Waals surface area (Å²) in [6, 6.07) is 13.9. The van der Waals surface area contributed by atoms with Gasteiger partial charge >= 0.3 is 0 Å². The second-order valence-corrected chi connectivity index (χ2v) is 4.38. The van der Waals surface area contributed by atoms with Crippen LogP contribution in [0.1, 0.15) is 22.8 Å². The number of hydrogen-bond donors (Lipinski definition) is 3. The summed E-state index contributed by atoms with van der Waals surface area (Å²) in [4.78, 5) is 11.9. The van der Waals surface area contributed by atoms with E-state index in [1.165, 1.54) is 0 Å². The van der Waals surface area contributed by atoms with Crippen LogP contribution in [0.4, 0.5) is 11.4 Å². The van der Waals surface area contributed by atoms with Crippen molar-refractivity contribution in [2.24, 2.45) is 5.10 Å². The summed E-state index contributed by atoms with van der Waals surface area (Å²) in [5, 5.41) is 4.07. The molecule has 5 heteroatoms. The van der Waals surface area contributed by atoms with Crippen molar-refractivity contribution in [3.63, 3.8) is 0 Å². The topological polar surface area (TPSA) is 93.5 Å². The van der Waals surface area contributed by atoms with Crippen molar-refractivity contribution in [3.8, 4) is 0 Å². The molecule has 0 unspecified atom stereocenters. The molecule has 0 bridgehead atoms. The molecular formula is C15H16N4O. The van der Waals surface area contributed by atoms with Crippen LogP contribution in [0, 0.1) is 0 Å². The van der Waals surface area contributed by atoms with E-state index in [1.54, 1.807) is 36.4 Å². The number of nitrogens with two attached hydrogens (primary N) is 2. The van der Waals surface area contributed by atoms with Crippen molar-refractivity contribution in [3.05, 3.63) is 59.7 Å². The van der Waals surface area contributed by atoms with Gasteiger partial charge in [0.2, 0.25) is 0 Å². The lowest BCUT2D eigenvalue weighted by molar-refractivity contribution is 0.0955. The molecule has 2 rings (SSSR count). The quantitative estimate of drug-likeness (QED) is 0.451. The van der Waals surface area contributed by atoms with Crippen molar-refractivity contribution in [2.45, 2.75) is 6.92 Å². The molecule has 0 heterocycles. The smallest absolute Gasteiger partial charge is 0.271 e. The highest BCUT2D eigenvalue weighted by molar-refractivity contribution is 6.01. The summed E-state index contributed by atoms with van der Waals surface area (Å²) in [5.41, 5.74) is 17.1. The zero-order valence-electron chi connectivity index (χ0n) is 11.1. The Kier molecular flexibility index (Phi) is 4.00. The molecular weight excluding hydrogens is 252 g/mol. The van der Waals surface area contributed by atoms with Crippen molar-refractivity contribution in [1.29, 1.82) is 0 Å². The lowest BCUT2D eigenvalue weighted by atomic mass is 10.1. The molecule has 102 valence electrons. The molecule has 0 saturated heterocycles. The highest BCUT2D eigenvalue weighted by Gasteiger charge is 2.04. The number of carbonyl (C=O) groups excluding carboxylic acids is 1. The molecule has 0 aromatic heterocycles. The lowest BCUT2D eigenvalue weighted by Crippen LogP contribution is -2.19. The number of carbonyl (C=O) groups is 1. The predicted octanol–water partition coefficient (Wildman–Crippen LogP) is 2.00. The molecule has 0 spiro atoms. The number of hydrazone groups is 1. The minimum atomic E-state index is -0.278. The highest BCUT2D eigenvalue weighted by atomic mass is 16.2. The Morgan fingerprint density at radius 1 is 0.900 bits per heavy atom. The fraction of sp³-hybridized carbons (Fsp3) is 0.0667. The average Bonchev–Trinajstić information content (AvgIpc) is 2.46. The molecule has 0 radical (unpaired) electrons. The van der Waals surface area contributed by atoms with Crippen molar-refractivity contribution in [1.82, 2.24) is 5.43 Å². The Balaban J connectivity index is 2.06. The van der Waals surface area contributed by atoms with Crippen LogP contribution in [-0.2, 0) is 0 Å². The SMILES string of the molecule is C/C(=N/NC(=O)c1ccc(N)cc1)c1ccc(N)cc1. The summed E-state index contributed by atoms with van der Waals surface area (Å²) in [5.74, 6) is -0.278. The van der Waals surface area contributed by atoms with Crippen LogP contribution < -0.4 is 16.9 Å². The van der Waals surface area contributed by atoms with Gasteiger partial charge in [-0.3, -0.25) is 4.79 Å². The second kappa shape index (κ2) is 5.88. The number of nitrogens with one attached hydrogen (secondary N) is 1. The van der Waals surface area contributed by atoms with Crippen LogP contribution in [-0.4, -0.2) is 11.6 Å². The summed E-state index contributed by atoms with van der Waals surface area (Å²) in [7, 11) is 0. The Hall–Kier alpha value is -2.82. The summed E-state index contributed by atoms with van der Waals surface area (Å²) < 4.78 is 0. The van der Waals surface area contributed by atoms with E-state index in [9.17, 15) is 4.79 Å². The van der Waals surface area contributed by atoms with Gasteiger partial charge in [-0.2, -0.15) is 5.10 Å². The largest absolute Gasteiger partial charge is 0.399 e. The number of nitrogen functional groups attached to an aromatic ring is 2. The van der Waals surface area contributed by atoms with Gasteiger partial charge in [-0.1, -0.05) is 12.1 Å². The fourth-order valence-corrected chi connectivity index (χ4v) is 1.62. The van der Waals surface area contributed by atoms with Gasteiger partial charge in [0.25, 0.3) is 5.91 Å². The molecule has 0 fully saturated rings. The van der Waals surface area contributed by atoms with Crippen LogP contribution in [0.2, 0.25) is 0 Å². The van der Waals surface area contributed by atoms with E-state index in [2.05, 4.69) is 10.5 Å². The normalized spacial score (nSPS) is 11.2. The molecule has 5 N–H and O–H groups in total. The fourth-order valence-electron chi connectivity index (χ4n) is 1.62. The first-order valence-corrected chi connectivity index (χ1v) is 6.12. The number of rotatable bonds is 3. The van der Waals surface area contributed by atoms with Gasteiger partial charge in [0.15, 0.2) is 0 Å². The van der Waals surface area contributed by atoms with E-state index in [0.29, 0.717) is 22.6 Å². The van der Waals surface area contributed by atoms with Gasteiger partial charge in [-0.15, -0.1) is 0 Å². The Bertz CT molecular complexity index is 630. The third-order valence-corrected chi connectivity index (χ3v) is 2.83. The Morgan fingerprint density at radius 2 is 1.35 bits per heavy atom. The summed E-state index contributed by atoms with van der Waals surface area (Å²) >= 11 is 0. The van der Waals surface area contributed by atoms with Gasteiger partial charge in [0, 0.05) is 16.9 Å². The first-order valence-electron chi connectivity index (χ1n) is 6.12. The average molecular weight is 268 g/mol. The van der Waals surface area contributed by atoms with Gasteiger partial charge in [0.1, 0.15) is 0 Å². The maximum atomic E-state index is 11.9. The molecule has 0 atom stereocenters. The maximum absolute atomic E-state index is 11.9. The van der Waals surface area contributed by atoms with Crippen LogP contribution in [0.3, 0.4) is 0 Å². The third kappa shape index (κ3) is 3.35. The predicted molar refractivity (Wildman–Crippen MR) is 81.4 cm³/mol. The van der Waals surface area contributed by atoms with Crippen molar-refractivity contribution < 1.29 is 4.79 Å². The summed E-state index contributed by atoms with van der Waals surface area (Å²) in [6.07, 6.45) is 0. The van der Waals surface area contributed by atoms with Crippen LogP contribution in [0.15, 0.2) is 53.6 Å². The van der Waals surface area contributed by atoms with Crippen molar-refractivity contribution >= 4 is 23.0 Å². The van der Waals surface area contributed by atoms with Gasteiger partial charge in [0.05, 0.1) is 5.71 Å².